The Morgan fingerprint density at radius 3 is 2.56 bits per heavy atom. The van der Waals surface area contributed by atoms with Crippen molar-refractivity contribution in [1.82, 2.24) is 9.55 Å². The predicted octanol–water partition coefficient (Wildman–Crippen LogP) is 1.77. The summed E-state index contributed by atoms with van der Waals surface area (Å²) in [5.74, 6) is -2.14. The molecule has 0 fully saturated rings. The molecule has 18 heavy (non-hydrogen) atoms. The number of hydrogen-bond acceptors (Lipinski definition) is 2. The van der Waals surface area contributed by atoms with E-state index in [0.29, 0.717) is 10.1 Å². The molecule has 0 aliphatic carbocycles. The van der Waals surface area contributed by atoms with Crippen LogP contribution in [0, 0.1) is 18.6 Å². The van der Waals surface area contributed by atoms with E-state index in [9.17, 15) is 18.4 Å². The molecule has 0 amide bonds. The van der Waals surface area contributed by atoms with Crippen LogP contribution >= 0.6 is 11.6 Å². The van der Waals surface area contributed by atoms with Crippen LogP contribution in [0.4, 0.5) is 8.78 Å². The Kier molecular flexibility index (Phi) is 3.04. The molecule has 2 aromatic rings. The zero-order chi connectivity index (χ0) is 13.4. The van der Waals surface area contributed by atoms with E-state index in [2.05, 4.69) is 0 Å². The molecular formula is C11H7ClF2N2O2. The molecule has 0 aliphatic rings. The monoisotopic (exact) mass is 272 g/mol. The summed E-state index contributed by atoms with van der Waals surface area (Å²) >= 11 is 5.32. The van der Waals surface area contributed by atoms with Gasteiger partial charge in [0, 0.05) is 0 Å². The quantitative estimate of drug-likeness (QED) is 0.805. The van der Waals surface area contributed by atoms with Crippen molar-refractivity contribution in [3.63, 3.8) is 0 Å². The summed E-state index contributed by atoms with van der Waals surface area (Å²) in [5, 5.41) is -0.699. The number of aryl methyl sites for hydroxylation is 1. The first-order valence-electron chi connectivity index (χ1n) is 4.89. The summed E-state index contributed by atoms with van der Waals surface area (Å²) in [6.45, 7) is 1.50. The van der Waals surface area contributed by atoms with Crippen LogP contribution in [0.3, 0.4) is 0 Å². The van der Waals surface area contributed by atoms with E-state index in [1.165, 1.54) is 19.1 Å². The third-order valence-corrected chi connectivity index (χ3v) is 2.68. The summed E-state index contributed by atoms with van der Waals surface area (Å²) in [5.41, 5.74) is -2.26. The smallest absolute Gasteiger partial charge is 0.295 e. The normalized spacial score (nSPS) is 10.7. The maximum atomic E-state index is 13.7. The van der Waals surface area contributed by atoms with Crippen LogP contribution in [0.15, 0.2) is 27.8 Å². The van der Waals surface area contributed by atoms with Crippen molar-refractivity contribution in [2.75, 3.05) is 0 Å². The lowest BCUT2D eigenvalue weighted by Crippen LogP contribution is -2.36. The third kappa shape index (κ3) is 1.84. The lowest BCUT2D eigenvalue weighted by Gasteiger charge is -2.09. The fourth-order valence-electron chi connectivity index (χ4n) is 1.60. The Bertz CT molecular complexity index is 717. The number of rotatable bonds is 1. The van der Waals surface area contributed by atoms with Gasteiger partial charge in [-0.2, -0.15) is 4.39 Å². The van der Waals surface area contributed by atoms with Crippen LogP contribution in [0.2, 0.25) is 5.15 Å². The summed E-state index contributed by atoms with van der Waals surface area (Å²) in [4.78, 5) is 25.2. The number of H-pyrrole nitrogens is 1. The topological polar surface area (TPSA) is 54.9 Å². The molecule has 0 saturated carbocycles. The molecule has 0 aliphatic heterocycles. The number of para-hydroxylation sites is 1. The van der Waals surface area contributed by atoms with Gasteiger partial charge in [0.05, 0.1) is 5.69 Å². The van der Waals surface area contributed by atoms with Gasteiger partial charge in [0.25, 0.3) is 5.56 Å². The van der Waals surface area contributed by atoms with E-state index in [-0.39, 0.29) is 5.69 Å². The van der Waals surface area contributed by atoms with Gasteiger partial charge < -0.3 is 0 Å². The van der Waals surface area contributed by atoms with E-state index >= 15 is 0 Å². The number of nitrogens with one attached hydrogen (secondary N) is 1. The van der Waals surface area contributed by atoms with Crippen LogP contribution in [0.25, 0.3) is 5.69 Å². The molecule has 0 radical (unpaired) electrons. The van der Waals surface area contributed by atoms with E-state index < -0.39 is 28.0 Å². The van der Waals surface area contributed by atoms with Crippen LogP contribution in [-0.4, -0.2) is 9.55 Å². The van der Waals surface area contributed by atoms with E-state index in [1.54, 1.807) is 0 Å². The summed E-state index contributed by atoms with van der Waals surface area (Å²) in [7, 11) is 0. The lowest BCUT2D eigenvalue weighted by atomic mass is 10.2. The summed E-state index contributed by atoms with van der Waals surface area (Å²) < 4.78 is 27.4. The molecule has 94 valence electrons. The van der Waals surface area contributed by atoms with Gasteiger partial charge in [0.1, 0.15) is 5.82 Å². The minimum Gasteiger partial charge on any atom is -0.295 e. The number of aromatic nitrogens is 2. The SMILES string of the molecule is Cc1cccc(F)c1-n1c(=O)[nH]c(Cl)c(F)c1=O. The number of hydrogen-bond donors (Lipinski definition) is 1. The molecule has 0 spiro atoms. The number of aromatic amines is 1. The van der Waals surface area contributed by atoms with Crippen LogP contribution in [0.5, 0.6) is 0 Å². The minimum atomic E-state index is -1.33. The highest BCUT2D eigenvalue weighted by atomic mass is 35.5. The van der Waals surface area contributed by atoms with Gasteiger partial charge in [0.15, 0.2) is 5.15 Å². The molecule has 0 bridgehead atoms. The highest BCUT2D eigenvalue weighted by Gasteiger charge is 2.17. The van der Waals surface area contributed by atoms with Crippen LogP contribution < -0.4 is 11.2 Å². The van der Waals surface area contributed by atoms with Gasteiger partial charge in [-0.25, -0.2) is 13.8 Å². The Morgan fingerprint density at radius 1 is 1.28 bits per heavy atom. The zero-order valence-electron chi connectivity index (χ0n) is 9.13. The van der Waals surface area contributed by atoms with Crippen molar-refractivity contribution in [2.45, 2.75) is 6.92 Å². The first-order chi connectivity index (χ1) is 8.43. The van der Waals surface area contributed by atoms with Crippen LogP contribution in [0.1, 0.15) is 5.56 Å². The lowest BCUT2D eigenvalue weighted by molar-refractivity contribution is 0.571. The average Bonchev–Trinajstić information content (AvgIpc) is 2.30. The van der Waals surface area contributed by atoms with E-state index in [1.807, 2.05) is 4.98 Å². The van der Waals surface area contributed by atoms with Crippen LogP contribution in [-0.2, 0) is 0 Å². The predicted molar refractivity (Wildman–Crippen MR) is 62.3 cm³/mol. The van der Waals surface area contributed by atoms with Gasteiger partial charge in [-0.15, -0.1) is 0 Å². The Balaban J connectivity index is 2.94. The van der Waals surface area contributed by atoms with Gasteiger partial charge in [-0.1, -0.05) is 23.7 Å². The molecular weight excluding hydrogens is 266 g/mol. The Labute approximate surface area is 104 Å². The van der Waals surface area contributed by atoms with Crippen molar-refractivity contribution in [3.05, 3.63) is 61.4 Å². The maximum Gasteiger partial charge on any atom is 0.334 e. The molecule has 1 aromatic heterocycles. The fraction of sp³-hybridized carbons (Fsp3) is 0.0909. The van der Waals surface area contributed by atoms with Gasteiger partial charge in [0.2, 0.25) is 5.82 Å². The van der Waals surface area contributed by atoms with Crippen molar-refractivity contribution < 1.29 is 8.78 Å². The largest absolute Gasteiger partial charge is 0.334 e. The molecule has 1 aromatic carbocycles. The van der Waals surface area contributed by atoms with Crippen molar-refractivity contribution in [1.29, 1.82) is 0 Å². The second-order valence-corrected chi connectivity index (χ2v) is 3.98. The molecule has 0 atom stereocenters. The van der Waals surface area contributed by atoms with Gasteiger partial charge in [-0.3, -0.25) is 9.78 Å². The van der Waals surface area contributed by atoms with Crippen molar-refractivity contribution in [2.24, 2.45) is 0 Å². The van der Waals surface area contributed by atoms with Gasteiger partial charge >= 0.3 is 5.69 Å². The van der Waals surface area contributed by atoms with Crippen molar-refractivity contribution >= 4 is 11.6 Å². The zero-order valence-corrected chi connectivity index (χ0v) is 9.89. The first kappa shape index (κ1) is 12.5. The van der Waals surface area contributed by atoms with E-state index in [4.69, 9.17) is 11.6 Å². The Hall–Kier alpha value is -1.95. The minimum absolute atomic E-state index is 0.292. The standard InChI is InChI=1S/C11H7ClF2N2O2/c1-5-3-2-4-6(13)8(5)16-10(17)7(14)9(12)15-11(16)18/h2-4H,1H3,(H,15,18). The first-order valence-corrected chi connectivity index (χ1v) is 5.27. The van der Waals surface area contributed by atoms with Crippen molar-refractivity contribution in [3.8, 4) is 5.69 Å². The molecule has 7 heteroatoms. The second kappa shape index (κ2) is 4.38. The molecule has 1 heterocycles. The fourth-order valence-corrected chi connectivity index (χ4v) is 1.76. The summed E-state index contributed by atoms with van der Waals surface area (Å²) in [6.07, 6.45) is 0. The number of halogens is 3. The molecule has 0 unspecified atom stereocenters. The molecule has 2 rings (SSSR count). The molecule has 0 saturated heterocycles. The highest BCUT2D eigenvalue weighted by Crippen LogP contribution is 2.15. The third-order valence-electron chi connectivity index (χ3n) is 2.42. The average molecular weight is 273 g/mol. The second-order valence-electron chi connectivity index (χ2n) is 3.60. The summed E-state index contributed by atoms with van der Waals surface area (Å²) in [6, 6.07) is 3.98. The highest BCUT2D eigenvalue weighted by molar-refractivity contribution is 6.29. The maximum absolute atomic E-state index is 13.7. The number of benzene rings is 1. The number of nitrogens with zero attached hydrogens (tertiary/aromatic N) is 1. The molecule has 4 nitrogen and oxygen atoms in total. The van der Waals surface area contributed by atoms with E-state index in [0.717, 1.165) is 6.07 Å². The Morgan fingerprint density at radius 2 is 1.94 bits per heavy atom. The molecule has 1 N–H and O–H groups in total. The van der Waals surface area contributed by atoms with Gasteiger partial charge in [-0.05, 0) is 18.6 Å².